The lowest BCUT2D eigenvalue weighted by molar-refractivity contribution is 0.0624. The number of aryl methyl sites for hydroxylation is 2. The molecule has 1 fully saturated rings. The summed E-state index contributed by atoms with van der Waals surface area (Å²) in [6, 6.07) is 2.22. The molecular weight excluding hydrogens is 202 g/mol. The SMILES string of the molecule is Cc1cc(C(=O)N2CCCC[C@H]2C)n(C)n1. The van der Waals surface area contributed by atoms with E-state index in [0.717, 1.165) is 25.1 Å². The van der Waals surface area contributed by atoms with Crippen molar-refractivity contribution in [1.82, 2.24) is 14.7 Å². The van der Waals surface area contributed by atoms with Crippen LogP contribution in [0, 0.1) is 6.92 Å². The number of amides is 1. The number of nitrogens with zero attached hydrogens (tertiary/aromatic N) is 3. The number of hydrogen-bond acceptors (Lipinski definition) is 2. The predicted octanol–water partition coefficient (Wildman–Crippen LogP) is 1.74. The van der Waals surface area contributed by atoms with Gasteiger partial charge in [-0.15, -0.1) is 0 Å². The first-order valence-electron chi connectivity index (χ1n) is 5.91. The second-order valence-electron chi connectivity index (χ2n) is 4.64. The van der Waals surface area contributed by atoms with Gasteiger partial charge in [0.05, 0.1) is 5.69 Å². The summed E-state index contributed by atoms with van der Waals surface area (Å²) in [4.78, 5) is 14.3. The Bertz CT molecular complexity index is 397. The van der Waals surface area contributed by atoms with Gasteiger partial charge in [0, 0.05) is 19.6 Å². The molecule has 0 aromatic carbocycles. The van der Waals surface area contributed by atoms with Gasteiger partial charge in [-0.3, -0.25) is 9.48 Å². The summed E-state index contributed by atoms with van der Waals surface area (Å²) in [6.45, 7) is 4.92. The third-order valence-corrected chi connectivity index (χ3v) is 3.28. The van der Waals surface area contributed by atoms with Gasteiger partial charge in [-0.25, -0.2) is 0 Å². The number of carbonyl (C=O) groups is 1. The minimum Gasteiger partial charge on any atom is -0.335 e. The van der Waals surface area contributed by atoms with Gasteiger partial charge in [-0.1, -0.05) is 0 Å². The summed E-state index contributed by atoms with van der Waals surface area (Å²) in [5.41, 5.74) is 1.60. The van der Waals surface area contributed by atoms with E-state index in [1.807, 2.05) is 24.9 Å². The van der Waals surface area contributed by atoms with Crippen molar-refractivity contribution in [2.75, 3.05) is 6.54 Å². The van der Waals surface area contributed by atoms with Crippen LogP contribution in [-0.2, 0) is 7.05 Å². The van der Waals surface area contributed by atoms with Gasteiger partial charge in [-0.05, 0) is 39.2 Å². The van der Waals surface area contributed by atoms with E-state index in [9.17, 15) is 4.79 Å². The molecule has 0 N–H and O–H groups in total. The molecule has 1 aliphatic rings. The van der Waals surface area contributed by atoms with Gasteiger partial charge in [-0.2, -0.15) is 5.10 Å². The van der Waals surface area contributed by atoms with Crippen molar-refractivity contribution in [2.24, 2.45) is 7.05 Å². The lowest BCUT2D eigenvalue weighted by Crippen LogP contribution is -2.42. The van der Waals surface area contributed by atoms with Crippen molar-refractivity contribution >= 4 is 5.91 Å². The van der Waals surface area contributed by atoms with E-state index >= 15 is 0 Å². The third-order valence-electron chi connectivity index (χ3n) is 3.28. The van der Waals surface area contributed by atoms with Gasteiger partial charge in [0.1, 0.15) is 5.69 Å². The van der Waals surface area contributed by atoms with Gasteiger partial charge < -0.3 is 4.90 Å². The van der Waals surface area contributed by atoms with Crippen LogP contribution in [0.2, 0.25) is 0 Å². The zero-order chi connectivity index (χ0) is 11.7. The quantitative estimate of drug-likeness (QED) is 0.724. The molecule has 88 valence electrons. The Morgan fingerprint density at radius 3 is 2.81 bits per heavy atom. The third kappa shape index (κ3) is 1.96. The maximum Gasteiger partial charge on any atom is 0.272 e. The molecule has 1 atom stereocenters. The van der Waals surface area contributed by atoms with Crippen molar-refractivity contribution in [3.05, 3.63) is 17.5 Å². The molecular formula is C12H19N3O. The lowest BCUT2D eigenvalue weighted by Gasteiger charge is -2.33. The Labute approximate surface area is 96.2 Å². The zero-order valence-electron chi connectivity index (χ0n) is 10.2. The number of hydrogen-bond donors (Lipinski definition) is 0. The highest BCUT2D eigenvalue weighted by Crippen LogP contribution is 2.19. The van der Waals surface area contributed by atoms with E-state index in [2.05, 4.69) is 12.0 Å². The van der Waals surface area contributed by atoms with Crippen molar-refractivity contribution in [2.45, 2.75) is 39.2 Å². The van der Waals surface area contributed by atoms with Gasteiger partial charge in [0.2, 0.25) is 0 Å². The van der Waals surface area contributed by atoms with Crippen molar-refractivity contribution in [3.8, 4) is 0 Å². The largest absolute Gasteiger partial charge is 0.335 e. The molecule has 1 aliphatic heterocycles. The monoisotopic (exact) mass is 221 g/mol. The average molecular weight is 221 g/mol. The predicted molar refractivity (Wildman–Crippen MR) is 62.3 cm³/mol. The molecule has 1 saturated heterocycles. The van der Waals surface area contributed by atoms with E-state index in [0.29, 0.717) is 11.7 Å². The topological polar surface area (TPSA) is 38.1 Å². The maximum atomic E-state index is 12.3. The van der Waals surface area contributed by atoms with Crippen molar-refractivity contribution in [3.63, 3.8) is 0 Å². The molecule has 2 heterocycles. The van der Waals surface area contributed by atoms with Crippen LogP contribution in [0.25, 0.3) is 0 Å². The molecule has 0 bridgehead atoms. The van der Waals surface area contributed by atoms with E-state index in [-0.39, 0.29) is 5.91 Å². The molecule has 16 heavy (non-hydrogen) atoms. The molecule has 2 rings (SSSR count). The van der Waals surface area contributed by atoms with Gasteiger partial charge >= 0.3 is 0 Å². The summed E-state index contributed by atoms with van der Waals surface area (Å²) in [7, 11) is 1.83. The molecule has 0 aliphatic carbocycles. The molecule has 0 spiro atoms. The van der Waals surface area contributed by atoms with Crippen LogP contribution in [-0.4, -0.2) is 33.2 Å². The average Bonchev–Trinajstić information content (AvgIpc) is 2.58. The summed E-state index contributed by atoms with van der Waals surface area (Å²) in [5.74, 6) is 0.121. The summed E-state index contributed by atoms with van der Waals surface area (Å²) < 4.78 is 1.68. The highest BCUT2D eigenvalue weighted by molar-refractivity contribution is 5.93. The number of carbonyl (C=O) groups excluding carboxylic acids is 1. The second kappa shape index (κ2) is 4.28. The van der Waals surface area contributed by atoms with Gasteiger partial charge in [0.25, 0.3) is 5.91 Å². The van der Waals surface area contributed by atoms with E-state index in [4.69, 9.17) is 0 Å². The first-order valence-corrected chi connectivity index (χ1v) is 5.91. The molecule has 0 unspecified atom stereocenters. The van der Waals surface area contributed by atoms with Crippen LogP contribution in [0.3, 0.4) is 0 Å². The zero-order valence-corrected chi connectivity index (χ0v) is 10.2. The standard InChI is InChI=1S/C12H19N3O/c1-9-8-11(14(3)13-9)12(16)15-7-5-4-6-10(15)2/h8,10H,4-7H2,1-3H3/t10-/m1/s1. The number of likely N-dealkylation sites (tertiary alicyclic amines) is 1. The van der Waals surface area contributed by atoms with Crippen LogP contribution in [0.1, 0.15) is 42.4 Å². The summed E-state index contributed by atoms with van der Waals surface area (Å²) >= 11 is 0. The smallest absolute Gasteiger partial charge is 0.272 e. The van der Waals surface area contributed by atoms with Crippen LogP contribution in [0.15, 0.2) is 6.07 Å². The molecule has 1 aromatic rings. The number of aromatic nitrogens is 2. The highest BCUT2D eigenvalue weighted by Gasteiger charge is 2.26. The van der Waals surface area contributed by atoms with E-state index < -0.39 is 0 Å². The minimum atomic E-state index is 0.121. The molecule has 1 amide bonds. The van der Waals surface area contributed by atoms with Crippen LogP contribution in [0.5, 0.6) is 0 Å². The molecule has 4 heteroatoms. The Morgan fingerprint density at radius 1 is 1.50 bits per heavy atom. The first kappa shape index (κ1) is 11.2. The number of piperidine rings is 1. The van der Waals surface area contributed by atoms with Crippen LogP contribution in [0.4, 0.5) is 0 Å². The van der Waals surface area contributed by atoms with E-state index in [1.165, 1.54) is 6.42 Å². The fourth-order valence-electron chi connectivity index (χ4n) is 2.36. The molecule has 0 saturated carbocycles. The van der Waals surface area contributed by atoms with Crippen LogP contribution < -0.4 is 0 Å². The fraction of sp³-hybridized carbons (Fsp3) is 0.667. The van der Waals surface area contributed by atoms with E-state index in [1.54, 1.807) is 4.68 Å². The normalized spacial score (nSPS) is 21.2. The Hall–Kier alpha value is -1.32. The Kier molecular flexibility index (Phi) is 2.99. The minimum absolute atomic E-state index is 0.121. The second-order valence-corrected chi connectivity index (χ2v) is 4.64. The summed E-state index contributed by atoms with van der Waals surface area (Å²) in [6.07, 6.45) is 3.46. The number of rotatable bonds is 1. The molecule has 0 radical (unpaired) electrons. The first-order chi connectivity index (χ1) is 7.59. The highest BCUT2D eigenvalue weighted by atomic mass is 16.2. The maximum absolute atomic E-state index is 12.3. The summed E-state index contributed by atoms with van der Waals surface area (Å²) in [5, 5.41) is 4.22. The van der Waals surface area contributed by atoms with Crippen LogP contribution >= 0.6 is 0 Å². The Balaban J connectivity index is 2.21. The molecule has 1 aromatic heterocycles. The lowest BCUT2D eigenvalue weighted by atomic mass is 10.0. The van der Waals surface area contributed by atoms with Crippen molar-refractivity contribution in [1.29, 1.82) is 0 Å². The Morgan fingerprint density at radius 2 is 2.25 bits per heavy atom. The fourth-order valence-corrected chi connectivity index (χ4v) is 2.36. The molecule has 4 nitrogen and oxygen atoms in total. The van der Waals surface area contributed by atoms with Crippen molar-refractivity contribution < 1.29 is 4.79 Å². The van der Waals surface area contributed by atoms with Gasteiger partial charge in [0.15, 0.2) is 0 Å².